The van der Waals surface area contributed by atoms with Crippen molar-refractivity contribution in [3.8, 4) is 0 Å². The van der Waals surface area contributed by atoms with E-state index in [-0.39, 0.29) is 0 Å². The third kappa shape index (κ3) is 1.13. The minimum atomic E-state index is 0.808. The number of aromatic nitrogens is 1. The molecular weight excluding hydrogens is 107 g/mol. The molecule has 0 aliphatic rings. The molecule has 0 amide bonds. The van der Waals surface area contributed by atoms with Gasteiger partial charge in [0.15, 0.2) is 0 Å². The lowest BCUT2D eigenvalue weighted by Gasteiger charge is -1.82. The Labute approximate surface area is 43.5 Å². The lowest BCUT2D eigenvalue weighted by molar-refractivity contribution is 1.37. The summed E-state index contributed by atoms with van der Waals surface area (Å²) >= 11 is 0. The molecule has 3 heteroatoms. The van der Waals surface area contributed by atoms with Gasteiger partial charge in [-0.05, 0) is 14.0 Å². The van der Waals surface area contributed by atoms with Gasteiger partial charge in [-0.15, -0.1) is 0 Å². The SMILES string of the molecule is Nc1cnccp1. The van der Waals surface area contributed by atoms with Crippen molar-refractivity contribution in [3.63, 3.8) is 0 Å². The summed E-state index contributed by atoms with van der Waals surface area (Å²) in [6.07, 6.45) is 3.39. The Morgan fingerprint density at radius 1 is 1.71 bits per heavy atom. The fourth-order valence-corrected chi connectivity index (χ4v) is 0.760. The number of hydrogen-bond acceptors (Lipinski definition) is 2. The third-order valence-electron chi connectivity index (χ3n) is 0.583. The first kappa shape index (κ1) is 4.54. The maximum absolute atomic E-state index is 5.34. The minimum absolute atomic E-state index is 0.808. The van der Waals surface area contributed by atoms with Gasteiger partial charge in [0.1, 0.15) is 0 Å². The number of rotatable bonds is 0. The fourth-order valence-electron chi connectivity index (χ4n) is 0.311. The van der Waals surface area contributed by atoms with Crippen LogP contribution in [0, 0.1) is 0 Å². The van der Waals surface area contributed by atoms with Gasteiger partial charge in [0.2, 0.25) is 0 Å². The van der Waals surface area contributed by atoms with Crippen molar-refractivity contribution in [3.05, 3.63) is 18.2 Å². The van der Waals surface area contributed by atoms with Crippen LogP contribution in [0.1, 0.15) is 0 Å². The maximum atomic E-state index is 5.34. The van der Waals surface area contributed by atoms with E-state index in [2.05, 4.69) is 4.98 Å². The van der Waals surface area contributed by atoms with Gasteiger partial charge in [-0.25, -0.2) is 0 Å². The van der Waals surface area contributed by atoms with E-state index >= 15 is 0 Å². The Kier molecular flexibility index (Phi) is 1.23. The Morgan fingerprint density at radius 3 is 2.86 bits per heavy atom. The van der Waals surface area contributed by atoms with Crippen LogP contribution in [0.25, 0.3) is 0 Å². The van der Waals surface area contributed by atoms with Crippen molar-refractivity contribution >= 4 is 13.6 Å². The van der Waals surface area contributed by atoms with Crippen LogP contribution in [0.3, 0.4) is 0 Å². The average Bonchev–Trinajstić information content (AvgIpc) is 1.69. The van der Waals surface area contributed by atoms with Crippen molar-refractivity contribution in [2.24, 2.45) is 0 Å². The summed E-state index contributed by atoms with van der Waals surface area (Å²) in [5.74, 6) is 1.90. The van der Waals surface area contributed by atoms with Gasteiger partial charge >= 0.3 is 0 Å². The zero-order valence-corrected chi connectivity index (χ0v) is 4.60. The Balaban J connectivity index is 3.02. The molecule has 0 unspecified atom stereocenters. The monoisotopic (exact) mass is 112 g/mol. The molecular formula is C4H5N2P. The normalized spacial score (nSPS) is 9.71. The molecule has 1 rings (SSSR count). The van der Waals surface area contributed by atoms with Crippen LogP contribution in [-0.2, 0) is 0 Å². The predicted molar refractivity (Wildman–Crippen MR) is 31.2 cm³/mol. The number of nitrogen functional groups attached to an aromatic ring is 1. The van der Waals surface area contributed by atoms with Crippen molar-refractivity contribution in [1.82, 2.24) is 4.98 Å². The summed E-state index contributed by atoms with van der Waals surface area (Å²) in [6.45, 7) is 0. The van der Waals surface area contributed by atoms with Gasteiger partial charge in [0, 0.05) is 6.20 Å². The molecule has 0 bridgehead atoms. The number of nitrogens with zero attached hydrogens (tertiary/aromatic N) is 1. The molecule has 0 radical (unpaired) electrons. The molecule has 1 heterocycles. The van der Waals surface area contributed by atoms with Crippen molar-refractivity contribution in [1.29, 1.82) is 0 Å². The van der Waals surface area contributed by atoms with E-state index in [1.165, 1.54) is 0 Å². The van der Waals surface area contributed by atoms with E-state index in [9.17, 15) is 0 Å². The van der Waals surface area contributed by atoms with Crippen LogP contribution in [0.5, 0.6) is 0 Å². The molecule has 0 aromatic carbocycles. The molecule has 36 valence electrons. The minimum Gasteiger partial charge on any atom is -0.394 e. The highest BCUT2D eigenvalue weighted by molar-refractivity contribution is 7.33. The van der Waals surface area contributed by atoms with Crippen molar-refractivity contribution in [2.75, 3.05) is 5.73 Å². The Morgan fingerprint density at radius 2 is 2.57 bits per heavy atom. The summed E-state index contributed by atoms with van der Waals surface area (Å²) in [7, 11) is 1.06. The van der Waals surface area contributed by atoms with Crippen molar-refractivity contribution in [2.45, 2.75) is 0 Å². The molecule has 2 nitrogen and oxygen atoms in total. The highest BCUT2D eigenvalue weighted by atomic mass is 31.0. The third-order valence-corrected chi connectivity index (χ3v) is 1.28. The zero-order valence-electron chi connectivity index (χ0n) is 3.70. The standard InChI is InChI=1S/C4H5N2P/c5-4-3-6-1-2-7-4/h1-3H,5H2. The second-order valence-electron chi connectivity index (χ2n) is 1.13. The van der Waals surface area contributed by atoms with Gasteiger partial charge in [-0.2, -0.15) is 0 Å². The molecule has 0 aliphatic carbocycles. The number of anilines is 1. The second-order valence-corrected chi connectivity index (χ2v) is 2.20. The fraction of sp³-hybridized carbons (Fsp3) is 0. The van der Waals surface area contributed by atoms with Crippen LogP contribution in [-0.4, -0.2) is 4.98 Å². The Hall–Kier alpha value is -0.620. The summed E-state index contributed by atoms with van der Waals surface area (Å²) < 4.78 is 0. The van der Waals surface area contributed by atoms with Crippen LogP contribution >= 0.6 is 8.19 Å². The Bertz CT molecular complexity index is 140. The molecule has 0 atom stereocenters. The van der Waals surface area contributed by atoms with E-state index in [0.29, 0.717) is 0 Å². The molecule has 0 saturated carbocycles. The molecule has 0 aliphatic heterocycles. The first-order valence-electron chi connectivity index (χ1n) is 1.91. The average molecular weight is 112 g/mol. The van der Waals surface area contributed by atoms with Gasteiger partial charge < -0.3 is 5.73 Å². The lowest BCUT2D eigenvalue weighted by atomic mass is 10.8. The molecule has 2 N–H and O–H groups in total. The summed E-state index contributed by atoms with van der Waals surface area (Å²) in [6, 6.07) is 0. The van der Waals surface area contributed by atoms with Gasteiger partial charge in [-0.3, -0.25) is 4.98 Å². The van der Waals surface area contributed by atoms with E-state index in [1.54, 1.807) is 12.4 Å². The summed E-state index contributed by atoms with van der Waals surface area (Å²) in [5.41, 5.74) is 6.15. The maximum Gasteiger partial charge on any atom is 0.0776 e. The predicted octanol–water partition coefficient (Wildman–Crippen LogP) is 1.24. The van der Waals surface area contributed by atoms with Crippen LogP contribution in [0.15, 0.2) is 18.2 Å². The van der Waals surface area contributed by atoms with Gasteiger partial charge in [0.25, 0.3) is 0 Å². The lowest BCUT2D eigenvalue weighted by Crippen LogP contribution is -1.77. The van der Waals surface area contributed by atoms with E-state index in [0.717, 1.165) is 13.6 Å². The molecule has 0 fully saturated rings. The topological polar surface area (TPSA) is 38.9 Å². The van der Waals surface area contributed by atoms with Crippen LogP contribution in [0.4, 0.5) is 5.42 Å². The van der Waals surface area contributed by atoms with E-state index in [1.807, 2.05) is 5.80 Å². The first-order chi connectivity index (χ1) is 3.39. The van der Waals surface area contributed by atoms with Gasteiger partial charge in [0.05, 0.1) is 11.6 Å². The number of nitrogens with two attached hydrogens (primary N) is 1. The smallest absolute Gasteiger partial charge is 0.0776 e. The quantitative estimate of drug-likeness (QED) is 0.548. The highest BCUT2D eigenvalue weighted by Gasteiger charge is 1.74. The van der Waals surface area contributed by atoms with Gasteiger partial charge in [-0.1, -0.05) is 0 Å². The van der Waals surface area contributed by atoms with Crippen LogP contribution in [0.2, 0.25) is 0 Å². The van der Waals surface area contributed by atoms with Crippen LogP contribution < -0.4 is 5.73 Å². The first-order valence-corrected chi connectivity index (χ1v) is 2.87. The molecule has 0 saturated heterocycles. The molecule has 0 spiro atoms. The summed E-state index contributed by atoms with van der Waals surface area (Å²) in [5, 5.41) is 0. The van der Waals surface area contributed by atoms with Crippen molar-refractivity contribution < 1.29 is 0 Å². The molecule has 1 aromatic heterocycles. The van der Waals surface area contributed by atoms with E-state index in [4.69, 9.17) is 5.73 Å². The van der Waals surface area contributed by atoms with E-state index < -0.39 is 0 Å². The largest absolute Gasteiger partial charge is 0.394 e. The number of hydrogen-bond donors (Lipinski definition) is 1. The molecule has 1 aromatic rings. The second kappa shape index (κ2) is 1.90. The molecule has 7 heavy (non-hydrogen) atoms. The summed E-state index contributed by atoms with van der Waals surface area (Å²) in [4.78, 5) is 3.78. The zero-order chi connectivity index (χ0) is 5.11. The highest BCUT2D eigenvalue weighted by Crippen LogP contribution is 2.10.